The average molecular weight is 389 g/mol. The van der Waals surface area contributed by atoms with Gasteiger partial charge in [-0.2, -0.15) is 0 Å². The van der Waals surface area contributed by atoms with Gasteiger partial charge in [0.15, 0.2) is 6.10 Å². The highest BCUT2D eigenvalue weighted by Crippen LogP contribution is 2.19. The zero-order valence-electron chi connectivity index (χ0n) is 14.9. The molecule has 27 heavy (non-hydrogen) atoms. The lowest BCUT2D eigenvalue weighted by atomic mass is 10.2. The second-order valence-electron chi connectivity index (χ2n) is 6.01. The van der Waals surface area contributed by atoms with Gasteiger partial charge in [-0.05, 0) is 31.2 Å². The second-order valence-corrected chi connectivity index (χ2v) is 6.44. The van der Waals surface area contributed by atoms with Crippen molar-refractivity contribution in [2.24, 2.45) is 14.1 Å². The number of rotatable bonds is 4. The van der Waals surface area contributed by atoms with Gasteiger partial charge >= 0.3 is 5.69 Å². The summed E-state index contributed by atoms with van der Waals surface area (Å²) in [6, 6.07) is 8.20. The molecule has 0 fully saturated rings. The molecule has 0 saturated carbocycles. The number of benzene rings is 1. The van der Waals surface area contributed by atoms with Crippen molar-refractivity contribution in [3.8, 4) is 5.75 Å². The number of hydrogen-bond donors (Lipinski definition) is 1. The maximum absolute atomic E-state index is 12.4. The van der Waals surface area contributed by atoms with Crippen LogP contribution in [0.15, 0.2) is 46.1 Å². The van der Waals surface area contributed by atoms with E-state index in [0.717, 1.165) is 4.57 Å². The van der Waals surface area contributed by atoms with Crippen LogP contribution in [0, 0.1) is 0 Å². The van der Waals surface area contributed by atoms with E-state index in [0.29, 0.717) is 16.5 Å². The van der Waals surface area contributed by atoms with Crippen molar-refractivity contribution >= 4 is 34.2 Å². The summed E-state index contributed by atoms with van der Waals surface area (Å²) in [6.07, 6.45) is 0.577. The average Bonchev–Trinajstić information content (AvgIpc) is 2.64. The Morgan fingerprint density at radius 3 is 2.67 bits per heavy atom. The molecule has 2 aromatic heterocycles. The Kier molecular flexibility index (Phi) is 5.00. The number of halogens is 1. The van der Waals surface area contributed by atoms with Gasteiger partial charge in [0.1, 0.15) is 11.4 Å². The summed E-state index contributed by atoms with van der Waals surface area (Å²) < 4.78 is 7.82. The van der Waals surface area contributed by atoms with E-state index in [1.54, 1.807) is 31.2 Å². The van der Waals surface area contributed by atoms with Crippen LogP contribution in [-0.2, 0) is 18.9 Å². The van der Waals surface area contributed by atoms with Crippen LogP contribution in [0.4, 0.5) is 5.69 Å². The second kappa shape index (κ2) is 7.24. The summed E-state index contributed by atoms with van der Waals surface area (Å²) in [4.78, 5) is 40.8. The van der Waals surface area contributed by atoms with Gasteiger partial charge in [-0.1, -0.05) is 17.7 Å². The van der Waals surface area contributed by atoms with Gasteiger partial charge in [0.05, 0.1) is 17.3 Å². The summed E-state index contributed by atoms with van der Waals surface area (Å²) in [5.41, 5.74) is -0.394. The lowest BCUT2D eigenvalue weighted by Gasteiger charge is -2.15. The molecule has 0 aliphatic rings. The molecule has 140 valence electrons. The predicted molar refractivity (Wildman–Crippen MR) is 102 cm³/mol. The van der Waals surface area contributed by atoms with E-state index in [9.17, 15) is 14.4 Å². The third-order valence-electron chi connectivity index (χ3n) is 4.04. The van der Waals surface area contributed by atoms with E-state index in [2.05, 4.69) is 10.3 Å². The summed E-state index contributed by atoms with van der Waals surface area (Å²) >= 11 is 5.90. The van der Waals surface area contributed by atoms with Crippen molar-refractivity contribution in [3.63, 3.8) is 0 Å². The minimum absolute atomic E-state index is 0.223. The van der Waals surface area contributed by atoms with Gasteiger partial charge in [-0.15, -0.1) is 0 Å². The van der Waals surface area contributed by atoms with Gasteiger partial charge in [-0.25, -0.2) is 9.78 Å². The van der Waals surface area contributed by atoms with E-state index in [1.165, 1.54) is 30.9 Å². The molecule has 0 aliphatic heterocycles. The number of pyridine rings is 1. The smallest absolute Gasteiger partial charge is 0.332 e. The number of aromatic nitrogens is 3. The molecule has 8 nitrogen and oxygen atoms in total. The van der Waals surface area contributed by atoms with Gasteiger partial charge in [0.25, 0.3) is 11.5 Å². The van der Waals surface area contributed by atoms with Crippen LogP contribution in [0.5, 0.6) is 5.75 Å². The van der Waals surface area contributed by atoms with Crippen LogP contribution in [0.3, 0.4) is 0 Å². The Labute approximate surface area is 159 Å². The molecule has 0 spiro atoms. The first kappa shape index (κ1) is 18.7. The molecular weight excluding hydrogens is 372 g/mol. The highest BCUT2D eigenvalue weighted by Gasteiger charge is 2.17. The first-order valence-corrected chi connectivity index (χ1v) is 8.44. The first-order valence-electron chi connectivity index (χ1n) is 8.07. The van der Waals surface area contributed by atoms with E-state index in [1.807, 2.05) is 0 Å². The Balaban J connectivity index is 1.85. The largest absolute Gasteiger partial charge is 0.481 e. The van der Waals surface area contributed by atoms with Crippen LogP contribution in [0.25, 0.3) is 11.0 Å². The number of hydrogen-bond acceptors (Lipinski definition) is 5. The van der Waals surface area contributed by atoms with Crippen LogP contribution in [0.1, 0.15) is 6.92 Å². The Morgan fingerprint density at radius 2 is 1.96 bits per heavy atom. The highest BCUT2D eigenvalue weighted by atomic mass is 35.5. The maximum atomic E-state index is 12.4. The number of fused-ring (bicyclic) bond motifs is 1. The van der Waals surface area contributed by atoms with Gasteiger partial charge in [0, 0.05) is 19.1 Å². The number of aryl methyl sites for hydroxylation is 1. The molecule has 0 saturated heterocycles. The van der Waals surface area contributed by atoms with Crippen molar-refractivity contribution in [2.45, 2.75) is 13.0 Å². The summed E-state index contributed by atoms with van der Waals surface area (Å²) in [6.45, 7) is 1.59. The molecule has 1 N–H and O–H groups in total. The third kappa shape index (κ3) is 3.70. The maximum Gasteiger partial charge on any atom is 0.332 e. The zero-order chi connectivity index (χ0) is 19.7. The Bertz CT molecular complexity index is 1150. The molecule has 2 heterocycles. The standard InChI is InChI=1S/C18H17ClN4O4/c1-10(27-13-6-4-5-11(19)7-13)16(24)21-12-8-14-15(20-9-12)22(2)18(26)23(3)17(14)25/h4-10H,1-3H3,(H,21,24). The van der Waals surface area contributed by atoms with Crippen molar-refractivity contribution in [1.29, 1.82) is 0 Å². The minimum atomic E-state index is -0.804. The first-order chi connectivity index (χ1) is 12.8. The molecule has 3 rings (SSSR count). The number of nitrogens with zero attached hydrogens (tertiary/aromatic N) is 3. The number of ether oxygens (including phenoxy) is 1. The monoisotopic (exact) mass is 388 g/mol. The van der Waals surface area contributed by atoms with Crippen LogP contribution < -0.4 is 21.3 Å². The molecule has 1 atom stereocenters. The van der Waals surface area contributed by atoms with Gasteiger partial charge in [-0.3, -0.25) is 18.7 Å². The highest BCUT2D eigenvalue weighted by molar-refractivity contribution is 6.30. The molecular formula is C18H17ClN4O4. The van der Waals surface area contributed by atoms with Crippen LogP contribution in [0.2, 0.25) is 5.02 Å². The van der Waals surface area contributed by atoms with Crippen molar-refractivity contribution in [1.82, 2.24) is 14.1 Å². The minimum Gasteiger partial charge on any atom is -0.481 e. The van der Waals surface area contributed by atoms with Crippen LogP contribution in [-0.4, -0.2) is 26.1 Å². The molecule has 1 aromatic carbocycles. The molecule has 0 bridgehead atoms. The normalized spacial score (nSPS) is 12.0. The van der Waals surface area contributed by atoms with Gasteiger partial charge < -0.3 is 10.1 Å². The van der Waals surface area contributed by atoms with Crippen LogP contribution >= 0.6 is 11.6 Å². The molecule has 1 unspecified atom stereocenters. The van der Waals surface area contributed by atoms with E-state index >= 15 is 0 Å². The Morgan fingerprint density at radius 1 is 1.22 bits per heavy atom. The quantitative estimate of drug-likeness (QED) is 0.733. The summed E-state index contributed by atoms with van der Waals surface area (Å²) in [5.74, 6) is 0.0448. The lowest BCUT2D eigenvalue weighted by molar-refractivity contribution is -0.122. The molecule has 0 radical (unpaired) electrons. The van der Waals surface area contributed by atoms with E-state index < -0.39 is 23.3 Å². The third-order valence-corrected chi connectivity index (χ3v) is 4.27. The zero-order valence-corrected chi connectivity index (χ0v) is 15.6. The summed E-state index contributed by atoms with van der Waals surface area (Å²) in [7, 11) is 2.91. The SMILES string of the molecule is CC(Oc1cccc(Cl)c1)C(=O)Nc1cnc2c(c1)c(=O)n(C)c(=O)n2C. The predicted octanol–water partition coefficient (Wildman–Crippen LogP) is 1.69. The van der Waals surface area contributed by atoms with Gasteiger partial charge in [0.2, 0.25) is 0 Å². The van der Waals surface area contributed by atoms with E-state index in [4.69, 9.17) is 16.3 Å². The van der Waals surface area contributed by atoms with Crippen molar-refractivity contribution < 1.29 is 9.53 Å². The fourth-order valence-corrected chi connectivity index (χ4v) is 2.76. The summed E-state index contributed by atoms with van der Waals surface area (Å²) in [5, 5.41) is 3.38. The topological polar surface area (TPSA) is 95.2 Å². The Hall–Kier alpha value is -3.13. The number of anilines is 1. The molecule has 1 amide bonds. The number of nitrogens with one attached hydrogen (secondary N) is 1. The van der Waals surface area contributed by atoms with E-state index in [-0.39, 0.29) is 11.0 Å². The molecule has 3 aromatic rings. The lowest BCUT2D eigenvalue weighted by Crippen LogP contribution is -2.37. The van der Waals surface area contributed by atoms with Crippen molar-refractivity contribution in [2.75, 3.05) is 5.32 Å². The molecule has 9 heteroatoms. The number of carbonyl (C=O) groups excluding carboxylic acids is 1. The fourth-order valence-electron chi connectivity index (χ4n) is 2.58. The number of carbonyl (C=O) groups is 1. The number of amides is 1. The van der Waals surface area contributed by atoms with Crippen molar-refractivity contribution in [3.05, 3.63) is 62.4 Å². The fraction of sp³-hybridized carbons (Fsp3) is 0.222. The molecule has 0 aliphatic carbocycles.